The van der Waals surface area contributed by atoms with E-state index in [4.69, 9.17) is 5.26 Å². The second-order valence-corrected chi connectivity index (χ2v) is 4.75. The molecule has 0 saturated heterocycles. The predicted molar refractivity (Wildman–Crippen MR) is 70.7 cm³/mol. The Balaban J connectivity index is 2.47. The molecule has 4 heteroatoms. The summed E-state index contributed by atoms with van der Waals surface area (Å²) >= 11 is 3.35. The summed E-state index contributed by atoms with van der Waals surface area (Å²) in [6.45, 7) is 2.53. The van der Waals surface area contributed by atoms with Crippen molar-refractivity contribution in [1.29, 1.82) is 5.26 Å². The van der Waals surface area contributed by atoms with E-state index in [0.29, 0.717) is 18.5 Å². The van der Waals surface area contributed by atoms with Crippen LogP contribution in [0, 0.1) is 18.3 Å². The molecule has 0 aromatic heterocycles. The van der Waals surface area contributed by atoms with E-state index < -0.39 is 0 Å². The van der Waals surface area contributed by atoms with E-state index in [1.807, 2.05) is 25.1 Å². The number of benzene rings is 1. The highest BCUT2D eigenvalue weighted by Gasteiger charge is 2.08. The molecule has 0 radical (unpaired) electrons. The SMILES string of the molecule is Cc1ccc(Br)cc1C(=O)NCCCCC#N. The average molecular weight is 295 g/mol. The smallest absolute Gasteiger partial charge is 0.251 e. The Labute approximate surface area is 110 Å². The van der Waals surface area contributed by atoms with Crippen LogP contribution >= 0.6 is 15.9 Å². The lowest BCUT2D eigenvalue weighted by atomic mass is 10.1. The molecule has 1 aromatic rings. The molecule has 0 aliphatic carbocycles. The number of carbonyl (C=O) groups excluding carboxylic acids is 1. The fourth-order valence-electron chi connectivity index (χ4n) is 1.47. The van der Waals surface area contributed by atoms with Crippen LogP contribution in [0.4, 0.5) is 0 Å². The van der Waals surface area contributed by atoms with Gasteiger partial charge in [0.2, 0.25) is 0 Å². The molecular formula is C13H15BrN2O. The maximum absolute atomic E-state index is 11.9. The number of nitriles is 1. The second-order valence-electron chi connectivity index (χ2n) is 3.83. The van der Waals surface area contributed by atoms with Crippen molar-refractivity contribution in [3.8, 4) is 6.07 Å². The zero-order chi connectivity index (χ0) is 12.7. The van der Waals surface area contributed by atoms with E-state index in [1.54, 1.807) is 0 Å². The first-order chi connectivity index (χ1) is 8.15. The molecule has 0 unspecified atom stereocenters. The molecule has 0 heterocycles. The van der Waals surface area contributed by atoms with Gasteiger partial charge in [-0.25, -0.2) is 0 Å². The van der Waals surface area contributed by atoms with Crippen LogP contribution in [0.5, 0.6) is 0 Å². The summed E-state index contributed by atoms with van der Waals surface area (Å²) in [5.41, 5.74) is 1.65. The standard InChI is InChI=1S/C13H15BrN2O/c1-10-5-6-11(14)9-12(10)13(17)16-8-4-2-3-7-15/h5-6,9H,2-4,8H2,1H3,(H,16,17). The molecule has 1 amide bonds. The fraction of sp³-hybridized carbons (Fsp3) is 0.385. The zero-order valence-electron chi connectivity index (χ0n) is 9.79. The Hall–Kier alpha value is -1.34. The van der Waals surface area contributed by atoms with Crippen molar-refractivity contribution in [2.75, 3.05) is 6.54 Å². The number of rotatable bonds is 5. The van der Waals surface area contributed by atoms with Gasteiger partial charge in [-0.1, -0.05) is 22.0 Å². The number of amides is 1. The fourth-order valence-corrected chi connectivity index (χ4v) is 1.83. The van der Waals surface area contributed by atoms with E-state index in [9.17, 15) is 4.79 Å². The number of nitrogens with one attached hydrogen (secondary N) is 1. The van der Waals surface area contributed by atoms with E-state index >= 15 is 0 Å². The van der Waals surface area contributed by atoms with Gasteiger partial charge in [0, 0.05) is 23.0 Å². The first kappa shape index (κ1) is 13.7. The lowest BCUT2D eigenvalue weighted by molar-refractivity contribution is 0.0952. The molecular weight excluding hydrogens is 280 g/mol. The highest BCUT2D eigenvalue weighted by atomic mass is 79.9. The highest BCUT2D eigenvalue weighted by molar-refractivity contribution is 9.10. The molecule has 90 valence electrons. The highest BCUT2D eigenvalue weighted by Crippen LogP contribution is 2.15. The Morgan fingerprint density at radius 1 is 1.47 bits per heavy atom. The molecule has 0 atom stereocenters. The molecule has 0 bridgehead atoms. The molecule has 3 nitrogen and oxygen atoms in total. The molecule has 0 fully saturated rings. The van der Waals surface area contributed by atoms with Crippen LogP contribution in [0.3, 0.4) is 0 Å². The van der Waals surface area contributed by atoms with Crippen LogP contribution in [0.2, 0.25) is 0 Å². The van der Waals surface area contributed by atoms with Crippen LogP contribution in [-0.2, 0) is 0 Å². The van der Waals surface area contributed by atoms with Gasteiger partial charge in [-0.2, -0.15) is 5.26 Å². The molecule has 1 rings (SSSR count). The minimum atomic E-state index is -0.0549. The Morgan fingerprint density at radius 3 is 2.94 bits per heavy atom. The minimum Gasteiger partial charge on any atom is -0.352 e. The Kier molecular flexibility index (Phi) is 5.71. The lowest BCUT2D eigenvalue weighted by Gasteiger charge is -2.07. The number of carbonyl (C=O) groups is 1. The summed E-state index contributed by atoms with van der Waals surface area (Å²) in [7, 11) is 0. The number of unbranched alkanes of at least 4 members (excludes halogenated alkanes) is 2. The minimum absolute atomic E-state index is 0.0549. The topological polar surface area (TPSA) is 52.9 Å². The van der Waals surface area contributed by atoms with Crippen molar-refractivity contribution in [1.82, 2.24) is 5.32 Å². The second kappa shape index (κ2) is 7.08. The lowest BCUT2D eigenvalue weighted by Crippen LogP contribution is -2.25. The monoisotopic (exact) mass is 294 g/mol. The van der Waals surface area contributed by atoms with Gasteiger partial charge in [-0.3, -0.25) is 4.79 Å². The predicted octanol–water partition coefficient (Wildman–Crippen LogP) is 3.18. The van der Waals surface area contributed by atoms with Gasteiger partial charge >= 0.3 is 0 Å². The maximum Gasteiger partial charge on any atom is 0.251 e. The van der Waals surface area contributed by atoms with Gasteiger partial charge < -0.3 is 5.32 Å². The zero-order valence-corrected chi connectivity index (χ0v) is 11.4. The van der Waals surface area contributed by atoms with Gasteiger partial charge in [0.25, 0.3) is 5.91 Å². The molecule has 1 N–H and O–H groups in total. The van der Waals surface area contributed by atoms with Crippen molar-refractivity contribution in [3.05, 3.63) is 33.8 Å². The first-order valence-corrected chi connectivity index (χ1v) is 6.35. The van der Waals surface area contributed by atoms with Crippen molar-refractivity contribution < 1.29 is 4.79 Å². The van der Waals surface area contributed by atoms with Crippen molar-refractivity contribution in [2.45, 2.75) is 26.2 Å². The van der Waals surface area contributed by atoms with E-state index in [0.717, 1.165) is 22.9 Å². The van der Waals surface area contributed by atoms with Gasteiger partial charge in [0.15, 0.2) is 0 Å². The van der Waals surface area contributed by atoms with Gasteiger partial charge in [-0.05, 0) is 37.5 Å². The first-order valence-electron chi connectivity index (χ1n) is 5.56. The molecule has 0 spiro atoms. The van der Waals surface area contributed by atoms with Crippen LogP contribution in [-0.4, -0.2) is 12.5 Å². The quantitative estimate of drug-likeness (QED) is 0.848. The summed E-state index contributed by atoms with van der Waals surface area (Å²) in [5, 5.41) is 11.2. The number of nitrogens with zero attached hydrogens (tertiary/aromatic N) is 1. The number of aryl methyl sites for hydroxylation is 1. The van der Waals surface area contributed by atoms with E-state index in [-0.39, 0.29) is 5.91 Å². The third kappa shape index (κ3) is 4.58. The maximum atomic E-state index is 11.9. The van der Waals surface area contributed by atoms with Crippen LogP contribution in [0.25, 0.3) is 0 Å². The number of halogens is 1. The molecule has 0 aliphatic rings. The van der Waals surface area contributed by atoms with Crippen molar-refractivity contribution in [2.24, 2.45) is 0 Å². The summed E-state index contributed by atoms with van der Waals surface area (Å²) in [6, 6.07) is 7.73. The molecule has 0 aliphatic heterocycles. The van der Waals surface area contributed by atoms with Crippen molar-refractivity contribution >= 4 is 21.8 Å². The molecule has 1 aromatic carbocycles. The molecule has 0 saturated carbocycles. The Morgan fingerprint density at radius 2 is 2.24 bits per heavy atom. The molecule has 17 heavy (non-hydrogen) atoms. The van der Waals surface area contributed by atoms with Crippen LogP contribution < -0.4 is 5.32 Å². The normalized spacial score (nSPS) is 9.71. The van der Waals surface area contributed by atoms with Crippen LogP contribution in [0.15, 0.2) is 22.7 Å². The van der Waals surface area contributed by atoms with E-state index in [1.165, 1.54) is 0 Å². The largest absolute Gasteiger partial charge is 0.352 e. The summed E-state index contributed by atoms with van der Waals surface area (Å²) in [4.78, 5) is 11.9. The van der Waals surface area contributed by atoms with Gasteiger partial charge in [0.05, 0.1) is 6.07 Å². The van der Waals surface area contributed by atoms with E-state index in [2.05, 4.69) is 27.3 Å². The summed E-state index contributed by atoms with van der Waals surface area (Å²) in [5.74, 6) is -0.0549. The number of hydrogen-bond acceptors (Lipinski definition) is 2. The van der Waals surface area contributed by atoms with Crippen molar-refractivity contribution in [3.63, 3.8) is 0 Å². The average Bonchev–Trinajstić information content (AvgIpc) is 2.32. The van der Waals surface area contributed by atoms with Gasteiger partial charge in [0.1, 0.15) is 0 Å². The third-order valence-electron chi connectivity index (χ3n) is 2.45. The van der Waals surface area contributed by atoms with Gasteiger partial charge in [-0.15, -0.1) is 0 Å². The summed E-state index contributed by atoms with van der Waals surface area (Å²) in [6.07, 6.45) is 2.21. The van der Waals surface area contributed by atoms with Crippen LogP contribution in [0.1, 0.15) is 35.2 Å². The third-order valence-corrected chi connectivity index (χ3v) is 2.94. The summed E-state index contributed by atoms with van der Waals surface area (Å²) < 4.78 is 0.901. The number of hydrogen-bond donors (Lipinski definition) is 1. The Bertz CT molecular complexity index is 438.